The van der Waals surface area contributed by atoms with Crippen LogP contribution >= 0.6 is 34.0 Å². The van der Waals surface area contributed by atoms with Gasteiger partial charge in [0.25, 0.3) is 0 Å². The zero-order valence-corrected chi connectivity index (χ0v) is 17.8. The van der Waals surface area contributed by atoms with E-state index in [1.165, 1.54) is 51.5 Å². The molecule has 0 radical (unpaired) electrons. The van der Waals surface area contributed by atoms with Crippen LogP contribution in [0.4, 0.5) is 0 Å². The van der Waals surface area contributed by atoms with Gasteiger partial charge in [0.05, 0.1) is 16.0 Å². The Morgan fingerprint density at radius 1 is 0.778 bits per heavy atom. The maximum atomic E-state index is 5.33. The third-order valence-corrected chi connectivity index (χ3v) is 8.98. The van der Waals surface area contributed by atoms with Gasteiger partial charge in [0.15, 0.2) is 0 Å². The molecule has 1 nitrogen and oxygen atoms in total. The van der Waals surface area contributed by atoms with Gasteiger partial charge in [-0.05, 0) is 60.2 Å². The highest BCUT2D eigenvalue weighted by atomic mass is 32.2. The van der Waals surface area contributed by atoms with Crippen LogP contribution < -0.4 is 4.74 Å². The second-order valence-corrected chi connectivity index (χ2v) is 9.85. The summed E-state index contributed by atoms with van der Waals surface area (Å²) in [7, 11) is 1.71. The standard InChI is InChI=1S/C23H18OS3/c1-13-12-25-23-19(13)14(2)20(27-23)22-18-7-5-4-6-17(18)21(26-22)15-8-10-16(24-3)11-9-15/h4-12H,1-3H3. The van der Waals surface area contributed by atoms with E-state index < -0.39 is 0 Å². The summed E-state index contributed by atoms with van der Waals surface area (Å²) in [5.41, 5.74) is 4.06. The monoisotopic (exact) mass is 406 g/mol. The van der Waals surface area contributed by atoms with Gasteiger partial charge in [0, 0.05) is 25.9 Å². The summed E-state index contributed by atoms with van der Waals surface area (Å²) in [6.45, 7) is 4.49. The molecule has 2 aromatic carbocycles. The van der Waals surface area contributed by atoms with Crippen molar-refractivity contribution in [2.24, 2.45) is 0 Å². The van der Waals surface area contributed by atoms with Crippen LogP contribution in [0.2, 0.25) is 0 Å². The van der Waals surface area contributed by atoms with Crippen LogP contribution in [0.1, 0.15) is 11.1 Å². The predicted molar refractivity (Wildman–Crippen MR) is 122 cm³/mol. The van der Waals surface area contributed by atoms with E-state index in [0.29, 0.717) is 0 Å². The number of fused-ring (bicyclic) bond motifs is 2. The number of ether oxygens (including phenoxy) is 1. The molecule has 3 aromatic heterocycles. The maximum absolute atomic E-state index is 5.33. The molecule has 0 N–H and O–H groups in total. The highest BCUT2D eigenvalue weighted by molar-refractivity contribution is 7.40. The Balaban J connectivity index is 1.76. The fourth-order valence-corrected chi connectivity index (χ4v) is 7.67. The first-order valence-electron chi connectivity index (χ1n) is 8.81. The predicted octanol–water partition coefficient (Wildman–Crippen LogP) is 8.14. The van der Waals surface area contributed by atoms with E-state index >= 15 is 0 Å². The Labute approximate surface area is 170 Å². The summed E-state index contributed by atoms with van der Waals surface area (Å²) in [5, 5.41) is 6.40. The van der Waals surface area contributed by atoms with Gasteiger partial charge in [-0.2, -0.15) is 0 Å². The van der Waals surface area contributed by atoms with E-state index in [4.69, 9.17) is 4.74 Å². The van der Waals surface area contributed by atoms with E-state index in [2.05, 4.69) is 55.6 Å². The van der Waals surface area contributed by atoms with Crippen molar-refractivity contribution in [2.75, 3.05) is 7.11 Å². The molecule has 5 aromatic rings. The van der Waals surface area contributed by atoms with Crippen LogP contribution in [-0.2, 0) is 0 Å². The quantitative estimate of drug-likeness (QED) is 0.294. The topological polar surface area (TPSA) is 9.23 Å². The minimum atomic E-state index is 0.893. The van der Waals surface area contributed by atoms with Crippen LogP contribution in [0.25, 0.3) is 40.4 Å². The van der Waals surface area contributed by atoms with Crippen LogP contribution in [-0.4, -0.2) is 7.11 Å². The highest BCUT2D eigenvalue weighted by Crippen LogP contribution is 2.50. The molecule has 0 aliphatic heterocycles. The molecule has 3 heterocycles. The molecule has 0 unspecified atom stereocenters. The normalized spacial score (nSPS) is 11.5. The molecule has 0 amide bonds. The lowest BCUT2D eigenvalue weighted by molar-refractivity contribution is 0.415. The molecule has 0 saturated carbocycles. The molecule has 0 spiro atoms. The van der Waals surface area contributed by atoms with Crippen molar-refractivity contribution in [3.63, 3.8) is 0 Å². The van der Waals surface area contributed by atoms with E-state index in [9.17, 15) is 0 Å². The molecular formula is C23H18OS3. The summed E-state index contributed by atoms with van der Waals surface area (Å²) in [5.74, 6) is 0.893. The van der Waals surface area contributed by atoms with E-state index in [1.54, 1.807) is 7.11 Å². The molecule has 4 heteroatoms. The summed E-state index contributed by atoms with van der Waals surface area (Å²) >= 11 is 5.71. The zero-order valence-electron chi connectivity index (χ0n) is 15.3. The largest absolute Gasteiger partial charge is 0.497 e. The average molecular weight is 407 g/mol. The second-order valence-electron chi connectivity index (χ2n) is 6.67. The van der Waals surface area contributed by atoms with Crippen LogP contribution in [0, 0.1) is 13.8 Å². The molecule has 0 aliphatic carbocycles. The Hall–Kier alpha value is -2.14. The fourth-order valence-electron chi connectivity index (χ4n) is 3.66. The molecule has 0 fully saturated rings. The Morgan fingerprint density at radius 3 is 2.15 bits per heavy atom. The maximum Gasteiger partial charge on any atom is 0.118 e. The lowest BCUT2D eigenvalue weighted by atomic mass is 10.1. The first kappa shape index (κ1) is 17.0. The van der Waals surface area contributed by atoms with Crippen molar-refractivity contribution in [3.05, 3.63) is 65.0 Å². The van der Waals surface area contributed by atoms with Crippen molar-refractivity contribution in [3.8, 4) is 25.9 Å². The minimum absolute atomic E-state index is 0.893. The lowest BCUT2D eigenvalue weighted by Crippen LogP contribution is -1.81. The SMILES string of the molecule is COc1ccc(-c2sc(-c3sc4scc(C)c4c3C)c3ccccc23)cc1. The third kappa shape index (κ3) is 2.63. The number of methoxy groups -OCH3 is 1. The number of hydrogen-bond acceptors (Lipinski definition) is 4. The van der Waals surface area contributed by atoms with Crippen LogP contribution in [0.5, 0.6) is 5.75 Å². The van der Waals surface area contributed by atoms with Gasteiger partial charge in [-0.3, -0.25) is 0 Å². The second kappa shape index (κ2) is 6.48. The van der Waals surface area contributed by atoms with Crippen molar-refractivity contribution in [2.45, 2.75) is 13.8 Å². The average Bonchev–Trinajstić information content (AvgIpc) is 3.36. The Kier molecular flexibility index (Phi) is 4.08. The molecule has 27 heavy (non-hydrogen) atoms. The minimum Gasteiger partial charge on any atom is -0.497 e. The third-order valence-electron chi connectivity index (χ3n) is 5.03. The van der Waals surface area contributed by atoms with Crippen molar-refractivity contribution >= 4 is 54.2 Å². The van der Waals surface area contributed by atoms with Gasteiger partial charge in [-0.1, -0.05) is 24.3 Å². The van der Waals surface area contributed by atoms with Crippen molar-refractivity contribution < 1.29 is 4.74 Å². The molecular weight excluding hydrogens is 388 g/mol. The van der Waals surface area contributed by atoms with E-state index in [1.807, 2.05) is 46.1 Å². The van der Waals surface area contributed by atoms with Crippen molar-refractivity contribution in [1.29, 1.82) is 0 Å². The number of rotatable bonds is 3. The van der Waals surface area contributed by atoms with Gasteiger partial charge < -0.3 is 4.74 Å². The molecule has 0 bridgehead atoms. The van der Waals surface area contributed by atoms with E-state index in [0.717, 1.165) is 5.75 Å². The molecule has 5 rings (SSSR count). The van der Waals surface area contributed by atoms with Gasteiger partial charge in [-0.25, -0.2) is 0 Å². The molecule has 0 atom stereocenters. The van der Waals surface area contributed by atoms with Gasteiger partial charge in [-0.15, -0.1) is 34.0 Å². The fraction of sp³-hybridized carbons (Fsp3) is 0.130. The molecule has 0 aliphatic rings. The van der Waals surface area contributed by atoms with Crippen LogP contribution in [0.15, 0.2) is 53.9 Å². The number of hydrogen-bond donors (Lipinski definition) is 0. The van der Waals surface area contributed by atoms with Gasteiger partial charge in [0.1, 0.15) is 5.75 Å². The lowest BCUT2D eigenvalue weighted by Gasteiger charge is -2.02. The first-order valence-corrected chi connectivity index (χ1v) is 11.3. The zero-order chi connectivity index (χ0) is 18.5. The summed E-state index contributed by atoms with van der Waals surface area (Å²) < 4.78 is 6.76. The molecule has 0 saturated heterocycles. The van der Waals surface area contributed by atoms with Crippen LogP contribution in [0.3, 0.4) is 0 Å². The van der Waals surface area contributed by atoms with Gasteiger partial charge in [0.2, 0.25) is 0 Å². The molecule has 134 valence electrons. The first-order chi connectivity index (χ1) is 13.2. The van der Waals surface area contributed by atoms with Gasteiger partial charge >= 0.3 is 0 Å². The van der Waals surface area contributed by atoms with Crippen molar-refractivity contribution in [1.82, 2.24) is 0 Å². The summed E-state index contributed by atoms with van der Waals surface area (Å²) in [6, 6.07) is 17.2. The summed E-state index contributed by atoms with van der Waals surface area (Å²) in [6.07, 6.45) is 0. The highest BCUT2D eigenvalue weighted by Gasteiger charge is 2.19. The van der Waals surface area contributed by atoms with E-state index in [-0.39, 0.29) is 0 Å². The Bertz CT molecular complexity index is 1270. The number of benzene rings is 2. The summed E-state index contributed by atoms with van der Waals surface area (Å²) in [4.78, 5) is 4.14. The smallest absolute Gasteiger partial charge is 0.118 e. The Morgan fingerprint density at radius 2 is 1.48 bits per heavy atom. The number of thiophene rings is 3. The number of aryl methyl sites for hydroxylation is 2.